The summed E-state index contributed by atoms with van der Waals surface area (Å²) in [6.07, 6.45) is 2.20. The molecule has 0 saturated heterocycles. The van der Waals surface area contributed by atoms with E-state index in [-0.39, 0.29) is 37.4 Å². The minimum Gasteiger partial charge on any atom is -0.508 e. The van der Waals surface area contributed by atoms with Gasteiger partial charge in [-0.25, -0.2) is 4.79 Å². The van der Waals surface area contributed by atoms with E-state index in [1.54, 1.807) is 25.3 Å². The number of hydrogen-bond acceptors (Lipinski definition) is 8. The summed E-state index contributed by atoms with van der Waals surface area (Å²) in [6.45, 7) is 3.68. The van der Waals surface area contributed by atoms with Gasteiger partial charge >= 0.3 is 5.97 Å². The molecule has 212 valence electrons. The second kappa shape index (κ2) is 16.5. The number of amides is 4. The summed E-state index contributed by atoms with van der Waals surface area (Å²) in [5, 5.41) is 26.6. The van der Waals surface area contributed by atoms with Crippen LogP contribution in [-0.4, -0.2) is 76.0 Å². The number of benzene rings is 1. The average molecular weight is 554 g/mol. The summed E-state index contributed by atoms with van der Waals surface area (Å²) < 4.78 is 0. The average Bonchev–Trinajstić information content (AvgIpc) is 2.87. The lowest BCUT2D eigenvalue weighted by Crippen LogP contribution is -2.58. The van der Waals surface area contributed by atoms with Crippen LogP contribution in [0, 0.1) is 5.92 Å². The van der Waals surface area contributed by atoms with Gasteiger partial charge in [-0.1, -0.05) is 32.4 Å². The Morgan fingerprint density at radius 1 is 0.921 bits per heavy atom. The molecule has 13 heteroatoms. The smallest absolute Gasteiger partial charge is 0.326 e. The van der Waals surface area contributed by atoms with Crippen LogP contribution < -0.4 is 27.4 Å². The summed E-state index contributed by atoms with van der Waals surface area (Å²) in [4.78, 5) is 62.1. The van der Waals surface area contributed by atoms with E-state index >= 15 is 0 Å². The molecule has 0 aliphatic carbocycles. The number of nitrogens with two attached hydrogens (primary N) is 2. The van der Waals surface area contributed by atoms with Crippen LogP contribution in [0.3, 0.4) is 0 Å². The quantitative estimate of drug-likeness (QED) is 0.137. The summed E-state index contributed by atoms with van der Waals surface area (Å²) in [6, 6.07) is 1.52. The first-order valence-corrected chi connectivity index (χ1v) is 13.7. The Morgan fingerprint density at radius 2 is 1.47 bits per heavy atom. The van der Waals surface area contributed by atoms with Gasteiger partial charge in [-0.15, -0.1) is 0 Å². The summed E-state index contributed by atoms with van der Waals surface area (Å²) in [7, 11) is 0. The van der Waals surface area contributed by atoms with Crippen molar-refractivity contribution in [3.8, 4) is 5.75 Å². The molecule has 9 N–H and O–H groups in total. The highest BCUT2D eigenvalue weighted by molar-refractivity contribution is 7.98. The van der Waals surface area contributed by atoms with Crippen molar-refractivity contribution in [2.75, 3.05) is 12.0 Å². The van der Waals surface area contributed by atoms with Gasteiger partial charge in [-0.05, 0) is 48.5 Å². The van der Waals surface area contributed by atoms with Gasteiger partial charge in [0.2, 0.25) is 23.6 Å². The van der Waals surface area contributed by atoms with Crippen molar-refractivity contribution in [2.24, 2.45) is 17.4 Å². The van der Waals surface area contributed by atoms with E-state index in [1.807, 2.05) is 6.92 Å². The fourth-order valence-electron chi connectivity index (χ4n) is 3.45. The van der Waals surface area contributed by atoms with Gasteiger partial charge < -0.3 is 37.6 Å². The van der Waals surface area contributed by atoms with Gasteiger partial charge in [-0.2, -0.15) is 11.8 Å². The second-order valence-corrected chi connectivity index (χ2v) is 10.1. The fourth-order valence-corrected chi connectivity index (χ4v) is 3.92. The Bertz CT molecular complexity index is 960. The monoisotopic (exact) mass is 553 g/mol. The zero-order chi connectivity index (χ0) is 28.8. The molecule has 0 spiro atoms. The van der Waals surface area contributed by atoms with Crippen LogP contribution in [0.15, 0.2) is 24.3 Å². The zero-order valence-corrected chi connectivity index (χ0v) is 22.8. The molecule has 5 unspecified atom stereocenters. The molecule has 1 rings (SSSR count). The standard InChI is InChI=1S/C25H39N5O7S/c1-4-14(2)21(27)24(35)30-19(13-15-5-7-16(31)8-6-15)23(34)28-17(9-10-20(26)32)22(33)29-18(25(36)37)11-12-38-3/h5-8,14,17-19,21,31H,4,9-13,27H2,1-3H3,(H2,26,32)(H,28,34)(H,29,33)(H,30,35)(H,36,37). The van der Waals surface area contributed by atoms with Gasteiger partial charge in [0.1, 0.15) is 23.9 Å². The van der Waals surface area contributed by atoms with E-state index in [9.17, 15) is 34.2 Å². The minimum absolute atomic E-state index is 0.0146. The number of phenols is 1. The largest absolute Gasteiger partial charge is 0.508 e. The molecule has 1 aromatic carbocycles. The molecule has 5 atom stereocenters. The topological polar surface area (TPSA) is 214 Å². The second-order valence-electron chi connectivity index (χ2n) is 9.09. The summed E-state index contributed by atoms with van der Waals surface area (Å²) >= 11 is 1.41. The lowest BCUT2D eigenvalue weighted by atomic mass is 9.98. The SMILES string of the molecule is CCC(C)C(N)C(=O)NC(Cc1ccc(O)cc1)C(=O)NC(CCC(N)=O)C(=O)NC(CCSC)C(=O)O. The molecule has 38 heavy (non-hydrogen) atoms. The first-order valence-electron chi connectivity index (χ1n) is 12.3. The third kappa shape index (κ3) is 11.4. The highest BCUT2D eigenvalue weighted by Gasteiger charge is 2.31. The van der Waals surface area contributed by atoms with Crippen molar-refractivity contribution < 1.29 is 34.2 Å². The van der Waals surface area contributed by atoms with Crippen LogP contribution in [0.25, 0.3) is 0 Å². The van der Waals surface area contributed by atoms with E-state index in [1.165, 1.54) is 23.9 Å². The first kappa shape index (κ1) is 32.7. The molecule has 0 aliphatic rings. The number of hydrogen-bond donors (Lipinski definition) is 7. The lowest BCUT2D eigenvalue weighted by molar-refractivity contribution is -0.142. The Labute approximate surface area is 226 Å². The molecule has 0 fully saturated rings. The van der Waals surface area contributed by atoms with Crippen molar-refractivity contribution in [1.29, 1.82) is 0 Å². The Kier molecular flexibility index (Phi) is 14.2. The van der Waals surface area contributed by atoms with Crippen LogP contribution in [0.2, 0.25) is 0 Å². The molecule has 1 aromatic rings. The van der Waals surface area contributed by atoms with Gasteiger partial charge in [-0.3, -0.25) is 19.2 Å². The van der Waals surface area contributed by atoms with Crippen molar-refractivity contribution in [3.05, 3.63) is 29.8 Å². The van der Waals surface area contributed by atoms with Crippen molar-refractivity contribution >= 4 is 41.4 Å². The third-order valence-electron chi connectivity index (χ3n) is 6.11. The van der Waals surface area contributed by atoms with Gasteiger partial charge in [0.15, 0.2) is 0 Å². The van der Waals surface area contributed by atoms with Crippen LogP contribution >= 0.6 is 11.8 Å². The molecule has 12 nitrogen and oxygen atoms in total. The molecule has 0 saturated carbocycles. The Hall–Kier alpha value is -3.32. The van der Waals surface area contributed by atoms with Gasteiger partial charge in [0, 0.05) is 12.8 Å². The predicted molar refractivity (Wildman–Crippen MR) is 144 cm³/mol. The number of carboxylic acids is 1. The van der Waals surface area contributed by atoms with E-state index in [0.717, 1.165) is 0 Å². The number of rotatable bonds is 17. The van der Waals surface area contributed by atoms with Crippen molar-refractivity contribution in [2.45, 2.75) is 70.1 Å². The highest BCUT2D eigenvalue weighted by Crippen LogP contribution is 2.13. The summed E-state index contributed by atoms with van der Waals surface area (Å²) in [5.41, 5.74) is 11.9. The van der Waals surface area contributed by atoms with E-state index in [2.05, 4.69) is 16.0 Å². The Morgan fingerprint density at radius 3 is 2.00 bits per heavy atom. The number of carbonyl (C=O) groups is 5. The number of aliphatic carboxylic acids is 1. The number of nitrogens with one attached hydrogen (secondary N) is 3. The number of phenolic OH excluding ortho intramolecular Hbond substituents is 1. The fraction of sp³-hybridized carbons (Fsp3) is 0.560. The maximum Gasteiger partial charge on any atom is 0.326 e. The molecular formula is C25H39N5O7S. The third-order valence-corrected chi connectivity index (χ3v) is 6.75. The van der Waals surface area contributed by atoms with Crippen LogP contribution in [0.1, 0.15) is 45.1 Å². The number of carboxylic acid groups (broad SMARTS) is 1. The van der Waals surface area contributed by atoms with Crippen LogP contribution in [0.5, 0.6) is 5.75 Å². The molecular weight excluding hydrogens is 514 g/mol. The molecule has 4 amide bonds. The van der Waals surface area contributed by atoms with Crippen LogP contribution in [0.4, 0.5) is 0 Å². The van der Waals surface area contributed by atoms with Crippen molar-refractivity contribution in [3.63, 3.8) is 0 Å². The first-order chi connectivity index (χ1) is 17.9. The van der Waals surface area contributed by atoms with Gasteiger partial charge in [0.05, 0.1) is 6.04 Å². The maximum absolute atomic E-state index is 13.3. The zero-order valence-electron chi connectivity index (χ0n) is 21.9. The summed E-state index contributed by atoms with van der Waals surface area (Å²) in [5.74, 6) is -3.67. The van der Waals surface area contributed by atoms with E-state index in [4.69, 9.17) is 11.5 Å². The molecule has 0 bridgehead atoms. The number of carbonyl (C=O) groups excluding carboxylic acids is 4. The highest BCUT2D eigenvalue weighted by atomic mass is 32.2. The van der Waals surface area contributed by atoms with E-state index < -0.39 is 53.8 Å². The number of aromatic hydroxyl groups is 1. The van der Waals surface area contributed by atoms with Crippen molar-refractivity contribution in [1.82, 2.24) is 16.0 Å². The van der Waals surface area contributed by atoms with Gasteiger partial charge in [0.25, 0.3) is 0 Å². The minimum atomic E-state index is -1.28. The molecule has 0 aliphatic heterocycles. The van der Waals surface area contributed by atoms with Crippen LogP contribution in [-0.2, 0) is 30.4 Å². The molecule has 0 aromatic heterocycles. The maximum atomic E-state index is 13.3. The number of thioether (sulfide) groups is 1. The van der Waals surface area contributed by atoms with E-state index in [0.29, 0.717) is 17.7 Å². The lowest BCUT2D eigenvalue weighted by Gasteiger charge is -2.26. The molecule has 0 heterocycles. The normalized spacial score (nSPS) is 14.8. The number of primary amides is 1. The predicted octanol–water partition coefficient (Wildman–Crippen LogP) is -0.134. The molecule has 0 radical (unpaired) electrons. The Balaban J connectivity index is 3.17.